The van der Waals surface area contributed by atoms with Crippen molar-refractivity contribution in [3.8, 4) is 0 Å². The first-order valence-electron chi connectivity index (χ1n) is 6.02. The molecule has 1 aliphatic carbocycles. The van der Waals surface area contributed by atoms with Crippen LogP contribution in [0.5, 0.6) is 0 Å². The highest BCUT2D eigenvalue weighted by Crippen LogP contribution is 2.20. The molecule has 1 aromatic rings. The molecule has 2 N–H and O–H groups in total. The summed E-state index contributed by atoms with van der Waals surface area (Å²) in [6.07, 6.45) is 5.95. The van der Waals surface area contributed by atoms with Gasteiger partial charge in [0.1, 0.15) is 0 Å². The maximum atomic E-state index is 5.93. The van der Waals surface area contributed by atoms with E-state index in [4.69, 9.17) is 10.5 Å². The minimum absolute atomic E-state index is 0.351. The Bertz CT molecular complexity index is 327. The van der Waals surface area contributed by atoms with Crippen LogP contribution in [0.2, 0.25) is 0 Å². The van der Waals surface area contributed by atoms with Gasteiger partial charge in [0.25, 0.3) is 0 Å². The molecule has 90 valence electrons. The highest BCUT2D eigenvalue weighted by Gasteiger charge is 2.19. The molecule has 1 heterocycles. The SMILES string of the molecule is Cc1ncsc1CCOC1CCCC(N)C1. The second kappa shape index (κ2) is 5.75. The van der Waals surface area contributed by atoms with Crippen molar-refractivity contribution in [2.75, 3.05) is 6.61 Å². The Morgan fingerprint density at radius 1 is 1.56 bits per heavy atom. The number of hydrogen-bond acceptors (Lipinski definition) is 4. The van der Waals surface area contributed by atoms with Crippen molar-refractivity contribution in [3.63, 3.8) is 0 Å². The summed E-state index contributed by atoms with van der Waals surface area (Å²) in [5.41, 5.74) is 8.98. The standard InChI is InChI=1S/C12H20N2OS/c1-9-12(16-8-14-9)5-6-15-11-4-2-3-10(13)7-11/h8,10-11H,2-7,13H2,1H3. The lowest BCUT2D eigenvalue weighted by atomic mass is 9.93. The van der Waals surface area contributed by atoms with Gasteiger partial charge in [0.2, 0.25) is 0 Å². The van der Waals surface area contributed by atoms with Crippen molar-refractivity contribution < 1.29 is 4.74 Å². The number of hydrogen-bond donors (Lipinski definition) is 1. The summed E-state index contributed by atoms with van der Waals surface area (Å²) in [6, 6.07) is 0.351. The lowest BCUT2D eigenvalue weighted by Gasteiger charge is -2.26. The number of nitrogens with zero attached hydrogens (tertiary/aromatic N) is 1. The third kappa shape index (κ3) is 3.27. The first-order chi connectivity index (χ1) is 7.75. The van der Waals surface area contributed by atoms with Gasteiger partial charge in [0.15, 0.2) is 0 Å². The van der Waals surface area contributed by atoms with Crippen LogP contribution in [0.4, 0.5) is 0 Å². The number of aromatic nitrogens is 1. The summed E-state index contributed by atoms with van der Waals surface area (Å²) in [5, 5.41) is 0. The van der Waals surface area contributed by atoms with Crippen molar-refractivity contribution in [1.29, 1.82) is 0 Å². The summed E-state index contributed by atoms with van der Waals surface area (Å²) in [5.74, 6) is 0. The first-order valence-corrected chi connectivity index (χ1v) is 6.90. The van der Waals surface area contributed by atoms with Gasteiger partial charge >= 0.3 is 0 Å². The molecule has 2 atom stereocenters. The van der Waals surface area contributed by atoms with Gasteiger partial charge in [0.05, 0.1) is 23.9 Å². The molecule has 1 aliphatic rings. The van der Waals surface area contributed by atoms with Crippen LogP contribution in [0.1, 0.15) is 36.3 Å². The van der Waals surface area contributed by atoms with E-state index in [1.165, 1.54) is 17.7 Å². The fourth-order valence-corrected chi connectivity index (χ4v) is 2.98. The number of rotatable bonds is 4. The molecule has 2 unspecified atom stereocenters. The van der Waals surface area contributed by atoms with Crippen LogP contribution in [-0.2, 0) is 11.2 Å². The van der Waals surface area contributed by atoms with Gasteiger partial charge in [-0.15, -0.1) is 11.3 Å². The van der Waals surface area contributed by atoms with E-state index in [1.807, 2.05) is 5.51 Å². The Labute approximate surface area is 101 Å². The van der Waals surface area contributed by atoms with Crippen LogP contribution in [0.3, 0.4) is 0 Å². The quantitative estimate of drug-likeness (QED) is 0.878. The van der Waals surface area contributed by atoms with Crippen LogP contribution in [0.25, 0.3) is 0 Å². The molecule has 16 heavy (non-hydrogen) atoms. The predicted molar refractivity (Wildman–Crippen MR) is 66.7 cm³/mol. The average molecular weight is 240 g/mol. The van der Waals surface area contributed by atoms with Crippen LogP contribution < -0.4 is 5.73 Å². The lowest BCUT2D eigenvalue weighted by Crippen LogP contribution is -2.32. The second-order valence-electron chi connectivity index (χ2n) is 4.53. The zero-order valence-corrected chi connectivity index (χ0v) is 10.6. The minimum Gasteiger partial charge on any atom is -0.378 e. The molecule has 0 bridgehead atoms. The number of ether oxygens (including phenoxy) is 1. The van der Waals surface area contributed by atoms with Crippen LogP contribution in [0, 0.1) is 6.92 Å². The molecule has 0 amide bonds. The maximum Gasteiger partial charge on any atom is 0.0797 e. The van der Waals surface area contributed by atoms with E-state index in [9.17, 15) is 0 Å². The average Bonchev–Trinajstić information content (AvgIpc) is 2.65. The minimum atomic E-state index is 0.351. The summed E-state index contributed by atoms with van der Waals surface area (Å²) in [7, 11) is 0. The monoisotopic (exact) mass is 240 g/mol. The fourth-order valence-electron chi connectivity index (χ4n) is 2.22. The lowest BCUT2D eigenvalue weighted by molar-refractivity contribution is 0.0256. The molecular weight excluding hydrogens is 220 g/mol. The van der Waals surface area contributed by atoms with Crippen molar-refractivity contribution in [1.82, 2.24) is 4.98 Å². The van der Waals surface area contributed by atoms with Gasteiger partial charge in [-0.05, 0) is 32.6 Å². The van der Waals surface area contributed by atoms with Crippen molar-refractivity contribution in [3.05, 3.63) is 16.1 Å². The van der Waals surface area contributed by atoms with E-state index < -0.39 is 0 Å². The van der Waals surface area contributed by atoms with Gasteiger partial charge < -0.3 is 10.5 Å². The fraction of sp³-hybridized carbons (Fsp3) is 0.750. The Balaban J connectivity index is 1.70. The largest absolute Gasteiger partial charge is 0.378 e. The van der Waals surface area contributed by atoms with Gasteiger partial charge in [-0.25, -0.2) is 4.98 Å². The highest BCUT2D eigenvalue weighted by atomic mass is 32.1. The molecule has 0 aromatic carbocycles. The van der Waals surface area contributed by atoms with Crippen LogP contribution >= 0.6 is 11.3 Å². The molecule has 2 rings (SSSR count). The maximum absolute atomic E-state index is 5.93. The van der Waals surface area contributed by atoms with E-state index in [-0.39, 0.29) is 0 Å². The summed E-state index contributed by atoms with van der Waals surface area (Å²) in [6.45, 7) is 2.86. The third-order valence-corrected chi connectivity index (χ3v) is 4.19. The molecule has 0 saturated heterocycles. The van der Waals surface area contributed by atoms with E-state index in [0.29, 0.717) is 12.1 Å². The Morgan fingerprint density at radius 3 is 3.12 bits per heavy atom. The normalized spacial score (nSPS) is 25.9. The molecule has 0 spiro atoms. The molecule has 0 aliphatic heterocycles. The van der Waals surface area contributed by atoms with E-state index in [1.54, 1.807) is 11.3 Å². The molecule has 4 heteroatoms. The number of aryl methyl sites for hydroxylation is 1. The van der Waals surface area contributed by atoms with E-state index in [2.05, 4.69) is 11.9 Å². The Kier molecular flexibility index (Phi) is 4.32. The molecular formula is C12H20N2OS. The van der Waals surface area contributed by atoms with E-state index in [0.717, 1.165) is 31.6 Å². The van der Waals surface area contributed by atoms with Crippen molar-refractivity contribution in [2.45, 2.75) is 51.2 Å². The third-order valence-electron chi connectivity index (χ3n) is 3.19. The topological polar surface area (TPSA) is 48.1 Å². The van der Waals surface area contributed by atoms with Crippen LogP contribution in [0.15, 0.2) is 5.51 Å². The summed E-state index contributed by atoms with van der Waals surface area (Å²) < 4.78 is 5.88. The molecule has 1 saturated carbocycles. The van der Waals surface area contributed by atoms with Gasteiger partial charge in [-0.2, -0.15) is 0 Å². The van der Waals surface area contributed by atoms with Crippen LogP contribution in [-0.4, -0.2) is 23.7 Å². The smallest absolute Gasteiger partial charge is 0.0797 e. The second-order valence-corrected chi connectivity index (χ2v) is 5.47. The summed E-state index contributed by atoms with van der Waals surface area (Å²) in [4.78, 5) is 5.58. The Morgan fingerprint density at radius 2 is 2.44 bits per heavy atom. The predicted octanol–water partition coefficient (Wildman–Crippen LogP) is 2.28. The van der Waals surface area contributed by atoms with Gasteiger partial charge in [0, 0.05) is 17.3 Å². The first kappa shape index (κ1) is 12.0. The van der Waals surface area contributed by atoms with Crippen molar-refractivity contribution >= 4 is 11.3 Å². The zero-order valence-electron chi connectivity index (χ0n) is 9.82. The molecule has 0 radical (unpaired) electrons. The van der Waals surface area contributed by atoms with Gasteiger partial charge in [-0.3, -0.25) is 0 Å². The van der Waals surface area contributed by atoms with Crippen molar-refractivity contribution in [2.24, 2.45) is 5.73 Å². The van der Waals surface area contributed by atoms with E-state index >= 15 is 0 Å². The molecule has 3 nitrogen and oxygen atoms in total. The molecule has 1 fully saturated rings. The number of nitrogens with two attached hydrogens (primary N) is 1. The Hall–Kier alpha value is -0.450. The zero-order chi connectivity index (χ0) is 11.4. The van der Waals surface area contributed by atoms with Gasteiger partial charge in [-0.1, -0.05) is 0 Å². The molecule has 1 aromatic heterocycles. The summed E-state index contributed by atoms with van der Waals surface area (Å²) >= 11 is 1.72. The highest BCUT2D eigenvalue weighted by molar-refractivity contribution is 7.09. The number of thiazole rings is 1.